The SMILES string of the molecule is CCOC(=O)NC1Cc2cc(F)c(O)cc2C1Cc1ccccc1. The number of hydrogen-bond acceptors (Lipinski definition) is 3. The first-order chi connectivity index (χ1) is 11.6. The van der Waals surface area contributed by atoms with Crippen molar-refractivity contribution in [2.45, 2.75) is 31.7 Å². The lowest BCUT2D eigenvalue weighted by Gasteiger charge is -2.21. The highest BCUT2D eigenvalue weighted by molar-refractivity contribution is 5.68. The molecule has 1 aliphatic rings. The van der Waals surface area contributed by atoms with Gasteiger partial charge in [-0.3, -0.25) is 0 Å². The lowest BCUT2D eigenvalue weighted by atomic mass is 9.91. The normalized spacial score (nSPS) is 18.9. The van der Waals surface area contributed by atoms with Gasteiger partial charge in [-0.05, 0) is 48.6 Å². The first-order valence-electron chi connectivity index (χ1n) is 8.07. The summed E-state index contributed by atoms with van der Waals surface area (Å²) in [7, 11) is 0. The van der Waals surface area contributed by atoms with Crippen molar-refractivity contribution in [3.05, 3.63) is 65.0 Å². The minimum absolute atomic E-state index is 0.0432. The number of phenolic OH excluding ortho intramolecular Hbond substituents is 1. The van der Waals surface area contributed by atoms with Gasteiger partial charge in [-0.1, -0.05) is 30.3 Å². The third-order valence-corrected chi connectivity index (χ3v) is 4.41. The number of hydrogen-bond donors (Lipinski definition) is 2. The van der Waals surface area contributed by atoms with Crippen molar-refractivity contribution in [3.63, 3.8) is 0 Å². The Kier molecular flexibility index (Phi) is 4.69. The molecule has 2 atom stereocenters. The average molecular weight is 329 g/mol. The molecule has 0 bridgehead atoms. The molecule has 0 spiro atoms. The van der Waals surface area contributed by atoms with Crippen molar-refractivity contribution in [1.82, 2.24) is 5.32 Å². The number of ether oxygens (including phenoxy) is 1. The molecule has 0 aliphatic heterocycles. The van der Waals surface area contributed by atoms with E-state index in [0.717, 1.165) is 16.7 Å². The zero-order chi connectivity index (χ0) is 17.1. The molecule has 0 fully saturated rings. The summed E-state index contributed by atoms with van der Waals surface area (Å²) in [6, 6.07) is 12.5. The van der Waals surface area contributed by atoms with E-state index in [9.17, 15) is 14.3 Å². The lowest BCUT2D eigenvalue weighted by Crippen LogP contribution is -2.38. The van der Waals surface area contributed by atoms with E-state index in [4.69, 9.17) is 4.74 Å². The van der Waals surface area contributed by atoms with E-state index in [2.05, 4.69) is 5.32 Å². The fourth-order valence-electron chi connectivity index (χ4n) is 3.33. The molecule has 1 amide bonds. The Morgan fingerprint density at radius 2 is 2.08 bits per heavy atom. The van der Waals surface area contributed by atoms with Crippen LogP contribution in [-0.2, 0) is 17.6 Å². The van der Waals surface area contributed by atoms with Crippen LogP contribution >= 0.6 is 0 Å². The Hall–Kier alpha value is -2.56. The monoisotopic (exact) mass is 329 g/mol. The second-order valence-electron chi connectivity index (χ2n) is 5.97. The highest BCUT2D eigenvalue weighted by Gasteiger charge is 2.35. The molecular formula is C19H20FNO3. The highest BCUT2D eigenvalue weighted by atomic mass is 19.1. The summed E-state index contributed by atoms with van der Waals surface area (Å²) < 4.78 is 18.7. The predicted octanol–water partition coefficient (Wildman–Crippen LogP) is 3.53. The number of benzene rings is 2. The van der Waals surface area contributed by atoms with Crippen LogP contribution in [0.5, 0.6) is 5.75 Å². The number of carbonyl (C=O) groups is 1. The van der Waals surface area contributed by atoms with Crippen molar-refractivity contribution in [2.24, 2.45) is 0 Å². The zero-order valence-electron chi connectivity index (χ0n) is 13.5. The van der Waals surface area contributed by atoms with Gasteiger partial charge in [0.05, 0.1) is 6.61 Å². The number of alkyl carbamates (subject to hydrolysis) is 1. The third-order valence-electron chi connectivity index (χ3n) is 4.41. The summed E-state index contributed by atoms with van der Waals surface area (Å²) in [4.78, 5) is 11.8. The van der Waals surface area contributed by atoms with Crippen LogP contribution in [-0.4, -0.2) is 23.8 Å². The quantitative estimate of drug-likeness (QED) is 0.902. The van der Waals surface area contributed by atoms with Crippen LogP contribution in [0.3, 0.4) is 0 Å². The Balaban J connectivity index is 1.89. The molecule has 2 unspecified atom stereocenters. The standard InChI is InChI=1S/C19H20FNO3/c1-2-24-19(23)21-17-10-13-9-16(20)18(22)11-14(13)15(17)8-12-6-4-3-5-7-12/h3-7,9,11,15,17,22H,2,8,10H2,1H3,(H,21,23). The Bertz CT molecular complexity index is 733. The van der Waals surface area contributed by atoms with Crippen LogP contribution in [0.2, 0.25) is 0 Å². The lowest BCUT2D eigenvalue weighted by molar-refractivity contribution is 0.147. The largest absolute Gasteiger partial charge is 0.505 e. The number of carbonyl (C=O) groups excluding carboxylic acids is 1. The second kappa shape index (κ2) is 6.91. The summed E-state index contributed by atoms with van der Waals surface area (Å²) in [5, 5.41) is 12.6. The van der Waals surface area contributed by atoms with Crippen molar-refractivity contribution in [3.8, 4) is 5.75 Å². The number of rotatable bonds is 4. The fourth-order valence-corrected chi connectivity index (χ4v) is 3.33. The van der Waals surface area contributed by atoms with Crippen LogP contribution in [0.1, 0.15) is 29.5 Å². The number of aromatic hydroxyl groups is 1. The van der Waals surface area contributed by atoms with E-state index in [1.807, 2.05) is 30.3 Å². The van der Waals surface area contributed by atoms with Gasteiger partial charge in [-0.2, -0.15) is 0 Å². The van der Waals surface area contributed by atoms with Crippen LogP contribution in [0.15, 0.2) is 42.5 Å². The van der Waals surface area contributed by atoms with Crippen LogP contribution in [0.4, 0.5) is 9.18 Å². The molecule has 2 aromatic carbocycles. The zero-order valence-corrected chi connectivity index (χ0v) is 13.5. The average Bonchev–Trinajstić information content (AvgIpc) is 2.86. The van der Waals surface area contributed by atoms with Gasteiger partial charge in [0.2, 0.25) is 0 Å². The van der Waals surface area contributed by atoms with E-state index in [-0.39, 0.29) is 17.7 Å². The van der Waals surface area contributed by atoms with Gasteiger partial charge in [0.25, 0.3) is 0 Å². The summed E-state index contributed by atoms with van der Waals surface area (Å²) in [6.07, 6.45) is 0.733. The molecule has 0 heterocycles. The van der Waals surface area contributed by atoms with Gasteiger partial charge in [-0.15, -0.1) is 0 Å². The van der Waals surface area contributed by atoms with E-state index in [0.29, 0.717) is 19.4 Å². The number of fused-ring (bicyclic) bond motifs is 1. The van der Waals surface area contributed by atoms with Crippen molar-refractivity contribution >= 4 is 6.09 Å². The number of amides is 1. The van der Waals surface area contributed by atoms with Crippen LogP contribution in [0.25, 0.3) is 0 Å². The summed E-state index contributed by atoms with van der Waals surface area (Å²) in [5.74, 6) is -1.04. The predicted molar refractivity (Wildman–Crippen MR) is 88.6 cm³/mol. The first-order valence-corrected chi connectivity index (χ1v) is 8.07. The van der Waals surface area contributed by atoms with Crippen LogP contribution < -0.4 is 5.32 Å². The fraction of sp³-hybridized carbons (Fsp3) is 0.316. The smallest absolute Gasteiger partial charge is 0.407 e. The van der Waals surface area contributed by atoms with Crippen molar-refractivity contribution in [1.29, 1.82) is 0 Å². The van der Waals surface area contributed by atoms with Gasteiger partial charge in [0.1, 0.15) is 0 Å². The molecule has 0 radical (unpaired) electrons. The Morgan fingerprint density at radius 1 is 1.33 bits per heavy atom. The minimum Gasteiger partial charge on any atom is -0.505 e. The summed E-state index contributed by atoms with van der Waals surface area (Å²) in [5.41, 5.74) is 2.81. The third kappa shape index (κ3) is 3.35. The maximum absolute atomic E-state index is 13.7. The molecule has 24 heavy (non-hydrogen) atoms. The van der Waals surface area contributed by atoms with Gasteiger partial charge >= 0.3 is 6.09 Å². The van der Waals surface area contributed by atoms with E-state index < -0.39 is 11.9 Å². The second-order valence-corrected chi connectivity index (χ2v) is 5.97. The molecule has 2 aromatic rings. The number of nitrogens with one attached hydrogen (secondary N) is 1. The highest BCUT2D eigenvalue weighted by Crippen LogP contribution is 2.38. The molecule has 1 aliphatic carbocycles. The number of phenols is 1. The molecule has 4 nitrogen and oxygen atoms in total. The molecular weight excluding hydrogens is 309 g/mol. The molecule has 3 rings (SSSR count). The maximum atomic E-state index is 13.7. The summed E-state index contributed by atoms with van der Waals surface area (Å²) in [6.45, 7) is 2.04. The number of halogens is 1. The van der Waals surface area contributed by atoms with E-state index >= 15 is 0 Å². The Labute approximate surface area is 140 Å². The van der Waals surface area contributed by atoms with Gasteiger partial charge in [0, 0.05) is 12.0 Å². The first kappa shape index (κ1) is 16.3. The van der Waals surface area contributed by atoms with Crippen LogP contribution in [0, 0.1) is 5.82 Å². The van der Waals surface area contributed by atoms with Crippen molar-refractivity contribution in [2.75, 3.05) is 6.61 Å². The van der Waals surface area contributed by atoms with Gasteiger partial charge in [-0.25, -0.2) is 9.18 Å². The van der Waals surface area contributed by atoms with Crippen molar-refractivity contribution < 1.29 is 19.0 Å². The maximum Gasteiger partial charge on any atom is 0.407 e. The van der Waals surface area contributed by atoms with Gasteiger partial charge < -0.3 is 15.2 Å². The molecule has 126 valence electrons. The molecule has 2 N–H and O–H groups in total. The van der Waals surface area contributed by atoms with E-state index in [1.165, 1.54) is 12.1 Å². The topological polar surface area (TPSA) is 58.6 Å². The molecule has 5 heteroatoms. The van der Waals surface area contributed by atoms with Gasteiger partial charge in [0.15, 0.2) is 11.6 Å². The Morgan fingerprint density at radius 3 is 2.79 bits per heavy atom. The molecule has 0 saturated carbocycles. The van der Waals surface area contributed by atoms with E-state index in [1.54, 1.807) is 6.92 Å². The molecule has 0 saturated heterocycles. The minimum atomic E-state index is -0.635. The molecule has 0 aromatic heterocycles. The summed E-state index contributed by atoms with van der Waals surface area (Å²) >= 11 is 0.